The van der Waals surface area contributed by atoms with E-state index in [1.165, 1.54) is 5.56 Å². The zero-order chi connectivity index (χ0) is 12.8. The molecule has 4 nitrogen and oxygen atoms in total. The number of H-pyrrole nitrogens is 1. The van der Waals surface area contributed by atoms with Crippen LogP contribution in [0, 0.1) is 6.92 Å². The molecule has 1 aliphatic carbocycles. The Bertz CT molecular complexity index is 634. The summed E-state index contributed by atoms with van der Waals surface area (Å²) in [5, 5.41) is 0. The van der Waals surface area contributed by atoms with Crippen molar-refractivity contribution in [1.82, 2.24) is 9.55 Å². The molecule has 1 heterocycles. The molecule has 1 aromatic carbocycles. The highest BCUT2D eigenvalue weighted by atomic mass is 16.1. The smallest absolute Gasteiger partial charge is 0.325 e. The summed E-state index contributed by atoms with van der Waals surface area (Å²) in [5.74, 6) is 0. The van der Waals surface area contributed by atoms with Gasteiger partial charge in [0.25, 0.3) is 0 Å². The van der Waals surface area contributed by atoms with Crippen molar-refractivity contribution in [1.29, 1.82) is 0 Å². The highest BCUT2D eigenvalue weighted by molar-refractivity contribution is 5.38. The van der Waals surface area contributed by atoms with Gasteiger partial charge in [-0.25, -0.2) is 4.79 Å². The quantitative estimate of drug-likeness (QED) is 0.858. The molecule has 0 atom stereocenters. The maximum Gasteiger partial charge on any atom is 0.330 e. The van der Waals surface area contributed by atoms with E-state index in [1.807, 2.05) is 19.1 Å². The van der Waals surface area contributed by atoms with Gasteiger partial charge in [0.2, 0.25) is 0 Å². The van der Waals surface area contributed by atoms with E-state index < -0.39 is 0 Å². The van der Waals surface area contributed by atoms with E-state index in [0.29, 0.717) is 0 Å². The topological polar surface area (TPSA) is 63.8 Å². The molecule has 1 aromatic heterocycles. The molecule has 3 rings (SSSR count). The maximum absolute atomic E-state index is 11.7. The largest absolute Gasteiger partial charge is 0.330 e. The number of benzene rings is 1. The molecule has 1 fully saturated rings. The Labute approximate surface area is 105 Å². The first-order chi connectivity index (χ1) is 8.57. The fraction of sp³-hybridized carbons (Fsp3) is 0.357. The fourth-order valence-corrected chi connectivity index (χ4v) is 2.33. The number of aromatic amines is 1. The average Bonchev–Trinajstić information content (AvgIpc) is 2.95. The van der Waals surface area contributed by atoms with Crippen LogP contribution in [-0.4, -0.2) is 15.1 Å². The standard InChI is InChI=1S/C14H17N3O/c1-10-9-16-13(18)17(10)12-4-2-3-11(7-12)8-14(15)5-6-14/h2-4,7,9H,5-6,8,15H2,1H3,(H,16,18). The maximum atomic E-state index is 11.7. The normalized spacial score (nSPS) is 16.8. The van der Waals surface area contributed by atoms with Crippen LogP contribution in [-0.2, 0) is 6.42 Å². The molecule has 0 spiro atoms. The highest BCUT2D eigenvalue weighted by Gasteiger charge is 2.37. The van der Waals surface area contributed by atoms with E-state index in [9.17, 15) is 4.79 Å². The Morgan fingerprint density at radius 3 is 2.83 bits per heavy atom. The fourth-order valence-electron chi connectivity index (χ4n) is 2.33. The predicted molar refractivity (Wildman–Crippen MR) is 71.0 cm³/mol. The third-order valence-corrected chi connectivity index (χ3v) is 3.58. The Hall–Kier alpha value is -1.81. The van der Waals surface area contributed by atoms with Crippen molar-refractivity contribution in [2.75, 3.05) is 0 Å². The molecule has 3 N–H and O–H groups in total. The van der Waals surface area contributed by atoms with Crippen molar-refractivity contribution in [3.05, 3.63) is 52.2 Å². The summed E-state index contributed by atoms with van der Waals surface area (Å²) in [4.78, 5) is 14.4. The lowest BCUT2D eigenvalue weighted by molar-refractivity contribution is 0.671. The number of nitrogens with one attached hydrogen (secondary N) is 1. The lowest BCUT2D eigenvalue weighted by atomic mass is 10.0. The lowest BCUT2D eigenvalue weighted by Gasteiger charge is -2.10. The Kier molecular flexibility index (Phi) is 2.41. The van der Waals surface area contributed by atoms with Gasteiger partial charge in [-0.15, -0.1) is 0 Å². The summed E-state index contributed by atoms with van der Waals surface area (Å²) in [6.07, 6.45) is 4.81. The molecule has 0 bridgehead atoms. The van der Waals surface area contributed by atoms with Crippen LogP contribution in [0.3, 0.4) is 0 Å². The molecule has 1 saturated carbocycles. The average molecular weight is 243 g/mol. The molecule has 1 aliphatic rings. The number of hydrogen-bond donors (Lipinski definition) is 2. The summed E-state index contributed by atoms with van der Waals surface area (Å²) in [5.41, 5.74) is 9.04. The van der Waals surface area contributed by atoms with Crippen molar-refractivity contribution in [2.24, 2.45) is 5.73 Å². The van der Waals surface area contributed by atoms with E-state index in [1.54, 1.807) is 10.8 Å². The summed E-state index contributed by atoms with van der Waals surface area (Å²) in [6.45, 7) is 1.91. The number of nitrogens with two attached hydrogens (primary N) is 1. The minimum Gasteiger partial charge on any atom is -0.325 e. The van der Waals surface area contributed by atoms with Crippen LogP contribution in [0.15, 0.2) is 35.3 Å². The molecule has 2 aromatic rings. The third-order valence-electron chi connectivity index (χ3n) is 3.58. The summed E-state index contributed by atoms with van der Waals surface area (Å²) >= 11 is 0. The van der Waals surface area contributed by atoms with E-state index in [0.717, 1.165) is 30.6 Å². The molecule has 0 amide bonds. The van der Waals surface area contributed by atoms with Crippen LogP contribution in [0.25, 0.3) is 5.69 Å². The van der Waals surface area contributed by atoms with Crippen LogP contribution in [0.4, 0.5) is 0 Å². The minimum absolute atomic E-state index is 0.00320. The number of imidazole rings is 1. The second kappa shape index (κ2) is 3.85. The molecule has 4 heteroatoms. The van der Waals surface area contributed by atoms with E-state index in [-0.39, 0.29) is 11.2 Å². The number of rotatable bonds is 3. The van der Waals surface area contributed by atoms with Crippen molar-refractivity contribution >= 4 is 0 Å². The van der Waals surface area contributed by atoms with Gasteiger partial charge in [0.1, 0.15) is 0 Å². The number of nitrogens with zero attached hydrogens (tertiary/aromatic N) is 1. The number of aryl methyl sites for hydroxylation is 1. The third kappa shape index (κ3) is 1.99. The van der Waals surface area contributed by atoms with Gasteiger partial charge in [-0.2, -0.15) is 0 Å². The monoisotopic (exact) mass is 243 g/mol. The van der Waals surface area contributed by atoms with Gasteiger partial charge >= 0.3 is 5.69 Å². The van der Waals surface area contributed by atoms with Gasteiger partial charge < -0.3 is 10.7 Å². The first-order valence-corrected chi connectivity index (χ1v) is 6.23. The number of hydrogen-bond acceptors (Lipinski definition) is 2. The summed E-state index contributed by atoms with van der Waals surface area (Å²) in [6, 6.07) is 8.05. The van der Waals surface area contributed by atoms with E-state index in [4.69, 9.17) is 5.73 Å². The van der Waals surface area contributed by atoms with Gasteiger partial charge in [0.15, 0.2) is 0 Å². The minimum atomic E-state index is -0.0986. The van der Waals surface area contributed by atoms with E-state index >= 15 is 0 Å². The van der Waals surface area contributed by atoms with Crippen molar-refractivity contribution < 1.29 is 0 Å². The van der Waals surface area contributed by atoms with Crippen LogP contribution < -0.4 is 11.4 Å². The first-order valence-electron chi connectivity index (χ1n) is 6.23. The molecule has 0 saturated heterocycles. The second-order valence-corrected chi connectivity index (χ2v) is 5.28. The molecule has 0 radical (unpaired) electrons. The SMILES string of the molecule is Cc1c[nH]c(=O)n1-c1cccc(CC2(N)CC2)c1. The first kappa shape index (κ1) is 11.3. The Morgan fingerprint density at radius 2 is 2.22 bits per heavy atom. The highest BCUT2D eigenvalue weighted by Crippen LogP contribution is 2.35. The van der Waals surface area contributed by atoms with Crippen LogP contribution in [0.2, 0.25) is 0 Å². The van der Waals surface area contributed by atoms with Crippen molar-refractivity contribution in [3.8, 4) is 5.69 Å². The Balaban J connectivity index is 1.98. The molecule has 0 aliphatic heterocycles. The van der Waals surface area contributed by atoms with Gasteiger partial charge in [-0.05, 0) is 43.9 Å². The molecule has 18 heavy (non-hydrogen) atoms. The van der Waals surface area contributed by atoms with Crippen LogP contribution in [0.5, 0.6) is 0 Å². The Morgan fingerprint density at radius 1 is 1.44 bits per heavy atom. The van der Waals surface area contributed by atoms with Gasteiger partial charge in [0.05, 0.1) is 5.69 Å². The van der Waals surface area contributed by atoms with Crippen molar-refractivity contribution in [2.45, 2.75) is 31.7 Å². The summed E-state index contributed by atoms with van der Waals surface area (Å²) < 4.78 is 1.68. The predicted octanol–water partition coefficient (Wildman–Crippen LogP) is 1.51. The molecular weight excluding hydrogens is 226 g/mol. The van der Waals surface area contributed by atoms with Crippen molar-refractivity contribution in [3.63, 3.8) is 0 Å². The van der Waals surface area contributed by atoms with E-state index in [2.05, 4.69) is 17.1 Å². The van der Waals surface area contributed by atoms with Gasteiger partial charge in [0, 0.05) is 17.4 Å². The molecule has 0 unspecified atom stereocenters. The van der Waals surface area contributed by atoms with Gasteiger partial charge in [-0.1, -0.05) is 12.1 Å². The van der Waals surface area contributed by atoms with Crippen LogP contribution >= 0.6 is 0 Å². The lowest BCUT2D eigenvalue weighted by Crippen LogP contribution is -2.24. The molecular formula is C14H17N3O. The molecule has 94 valence electrons. The van der Waals surface area contributed by atoms with Gasteiger partial charge in [-0.3, -0.25) is 4.57 Å². The zero-order valence-electron chi connectivity index (χ0n) is 10.4. The second-order valence-electron chi connectivity index (χ2n) is 5.28. The van der Waals surface area contributed by atoms with Crippen LogP contribution in [0.1, 0.15) is 24.1 Å². The number of aromatic nitrogens is 2. The summed E-state index contributed by atoms with van der Waals surface area (Å²) in [7, 11) is 0. The zero-order valence-corrected chi connectivity index (χ0v) is 10.4.